The molecular weight excluding hydrogens is 244 g/mol. The van der Waals surface area contributed by atoms with Crippen LogP contribution in [-0.4, -0.2) is 20.5 Å². The average Bonchev–Trinajstić information content (AvgIpc) is 2.75. The molecule has 3 nitrogen and oxygen atoms in total. The number of nitrogens with zero attached hydrogens (tertiary/aromatic N) is 2. The van der Waals surface area contributed by atoms with Crippen molar-refractivity contribution in [2.75, 3.05) is 0 Å². The first-order valence-corrected chi connectivity index (χ1v) is 5.70. The molecule has 1 aromatic heterocycles. The fourth-order valence-corrected chi connectivity index (χ4v) is 2.16. The van der Waals surface area contributed by atoms with Gasteiger partial charge in [-0.15, -0.1) is 0 Å². The Kier molecular flexibility index (Phi) is 2.43. The van der Waals surface area contributed by atoms with Gasteiger partial charge in [0.05, 0.1) is 22.3 Å². The van der Waals surface area contributed by atoms with Crippen molar-refractivity contribution >= 4 is 15.9 Å². The highest BCUT2D eigenvalue weighted by atomic mass is 79.9. The van der Waals surface area contributed by atoms with Gasteiger partial charge in [-0.25, -0.2) is 0 Å². The van der Waals surface area contributed by atoms with Crippen LogP contribution in [0.4, 0.5) is 0 Å². The van der Waals surface area contributed by atoms with Gasteiger partial charge in [0.1, 0.15) is 0 Å². The Labute approximate surface area is 92.2 Å². The number of aromatic nitrogens is 2. The van der Waals surface area contributed by atoms with Crippen molar-refractivity contribution in [3.05, 3.63) is 16.4 Å². The summed E-state index contributed by atoms with van der Waals surface area (Å²) in [5, 5.41) is 14.1. The van der Waals surface area contributed by atoms with Crippen molar-refractivity contribution in [3.8, 4) is 0 Å². The third kappa shape index (κ3) is 2.36. The SMILES string of the molecule is CC(C)(O)Cn1cc(Br)c(C2CC2)n1. The summed E-state index contributed by atoms with van der Waals surface area (Å²) < 4.78 is 2.89. The maximum absolute atomic E-state index is 9.65. The van der Waals surface area contributed by atoms with Crippen molar-refractivity contribution in [1.29, 1.82) is 0 Å². The van der Waals surface area contributed by atoms with Gasteiger partial charge in [0.15, 0.2) is 0 Å². The van der Waals surface area contributed by atoms with Crippen LogP contribution >= 0.6 is 15.9 Å². The summed E-state index contributed by atoms with van der Waals surface area (Å²) in [5.41, 5.74) is 0.445. The molecule has 1 aliphatic carbocycles. The number of hydrogen-bond donors (Lipinski definition) is 1. The van der Waals surface area contributed by atoms with E-state index in [0.29, 0.717) is 12.5 Å². The van der Waals surface area contributed by atoms with Crippen LogP contribution in [0.15, 0.2) is 10.7 Å². The van der Waals surface area contributed by atoms with Gasteiger partial charge in [0.2, 0.25) is 0 Å². The quantitative estimate of drug-likeness (QED) is 0.904. The molecular formula is C10H15BrN2O. The summed E-state index contributed by atoms with van der Waals surface area (Å²) in [5.74, 6) is 0.646. The molecule has 1 aromatic rings. The van der Waals surface area contributed by atoms with Crippen molar-refractivity contribution in [3.63, 3.8) is 0 Å². The molecule has 1 N–H and O–H groups in total. The highest BCUT2D eigenvalue weighted by Crippen LogP contribution is 2.42. The van der Waals surface area contributed by atoms with Crippen molar-refractivity contribution in [2.24, 2.45) is 0 Å². The Morgan fingerprint density at radius 2 is 2.29 bits per heavy atom. The smallest absolute Gasteiger partial charge is 0.0797 e. The van der Waals surface area contributed by atoms with Crippen LogP contribution in [0, 0.1) is 0 Å². The van der Waals surface area contributed by atoms with Gasteiger partial charge < -0.3 is 5.11 Å². The third-order valence-electron chi connectivity index (χ3n) is 2.26. The van der Waals surface area contributed by atoms with Crippen LogP contribution in [0.1, 0.15) is 38.3 Å². The molecule has 0 amide bonds. The lowest BCUT2D eigenvalue weighted by atomic mass is 10.1. The monoisotopic (exact) mass is 258 g/mol. The lowest BCUT2D eigenvalue weighted by molar-refractivity contribution is 0.0576. The Balaban J connectivity index is 2.15. The zero-order valence-corrected chi connectivity index (χ0v) is 10.1. The van der Waals surface area contributed by atoms with Gasteiger partial charge in [0.25, 0.3) is 0 Å². The molecule has 0 aliphatic heterocycles. The molecule has 1 heterocycles. The van der Waals surface area contributed by atoms with Gasteiger partial charge in [-0.2, -0.15) is 5.10 Å². The van der Waals surface area contributed by atoms with Gasteiger partial charge in [0, 0.05) is 12.1 Å². The summed E-state index contributed by atoms with van der Waals surface area (Å²) in [6.45, 7) is 4.12. The second-order valence-corrected chi connectivity index (χ2v) is 5.50. The van der Waals surface area contributed by atoms with Crippen LogP contribution in [0.25, 0.3) is 0 Å². The van der Waals surface area contributed by atoms with Crippen molar-refractivity contribution in [1.82, 2.24) is 9.78 Å². The lowest BCUT2D eigenvalue weighted by Gasteiger charge is -2.16. The Morgan fingerprint density at radius 1 is 1.64 bits per heavy atom. The first-order valence-electron chi connectivity index (χ1n) is 4.91. The van der Waals surface area contributed by atoms with Gasteiger partial charge in [-0.1, -0.05) is 0 Å². The van der Waals surface area contributed by atoms with E-state index in [1.807, 2.05) is 10.9 Å². The molecule has 1 aliphatic rings. The molecule has 1 saturated carbocycles. The molecule has 0 unspecified atom stereocenters. The van der Waals surface area contributed by atoms with E-state index in [4.69, 9.17) is 0 Å². The van der Waals surface area contributed by atoms with E-state index in [-0.39, 0.29) is 0 Å². The Morgan fingerprint density at radius 3 is 2.79 bits per heavy atom. The molecule has 0 radical (unpaired) electrons. The average molecular weight is 259 g/mol. The number of rotatable bonds is 3. The Bertz CT molecular complexity index is 336. The first kappa shape index (κ1) is 10.2. The minimum Gasteiger partial charge on any atom is -0.389 e. The molecule has 0 bridgehead atoms. The normalized spacial score (nSPS) is 17.4. The molecule has 14 heavy (non-hydrogen) atoms. The zero-order valence-electron chi connectivity index (χ0n) is 8.50. The van der Waals surface area contributed by atoms with Gasteiger partial charge >= 0.3 is 0 Å². The van der Waals surface area contributed by atoms with Crippen molar-refractivity contribution < 1.29 is 5.11 Å². The minimum absolute atomic E-state index is 0.540. The third-order valence-corrected chi connectivity index (χ3v) is 2.87. The fraction of sp³-hybridized carbons (Fsp3) is 0.700. The van der Waals surface area contributed by atoms with Gasteiger partial charge in [-0.3, -0.25) is 4.68 Å². The molecule has 0 atom stereocenters. The van der Waals surface area contributed by atoms with Crippen LogP contribution in [0.5, 0.6) is 0 Å². The second kappa shape index (κ2) is 3.35. The zero-order chi connectivity index (χ0) is 10.3. The fourth-order valence-electron chi connectivity index (χ4n) is 1.52. The van der Waals surface area contributed by atoms with E-state index in [9.17, 15) is 5.11 Å². The van der Waals surface area contributed by atoms with E-state index in [1.165, 1.54) is 12.8 Å². The molecule has 0 saturated heterocycles. The molecule has 0 spiro atoms. The largest absolute Gasteiger partial charge is 0.389 e. The van der Waals surface area contributed by atoms with E-state index in [2.05, 4.69) is 21.0 Å². The maximum Gasteiger partial charge on any atom is 0.0797 e. The maximum atomic E-state index is 9.65. The first-order chi connectivity index (χ1) is 6.46. The standard InChI is InChI=1S/C10H15BrN2O/c1-10(2,14)6-13-5-8(11)9(12-13)7-3-4-7/h5,7,14H,3-4,6H2,1-2H3. The van der Waals surface area contributed by atoms with E-state index >= 15 is 0 Å². The highest BCUT2D eigenvalue weighted by Gasteiger charge is 2.29. The van der Waals surface area contributed by atoms with E-state index in [1.54, 1.807) is 13.8 Å². The van der Waals surface area contributed by atoms with Crippen LogP contribution < -0.4 is 0 Å². The molecule has 2 rings (SSSR count). The number of halogens is 1. The number of aliphatic hydroxyl groups is 1. The van der Waals surface area contributed by atoms with Crippen LogP contribution in [0.2, 0.25) is 0 Å². The number of hydrogen-bond acceptors (Lipinski definition) is 2. The lowest BCUT2D eigenvalue weighted by Crippen LogP contribution is -2.26. The van der Waals surface area contributed by atoms with E-state index in [0.717, 1.165) is 10.2 Å². The molecule has 78 valence electrons. The second-order valence-electron chi connectivity index (χ2n) is 4.65. The summed E-state index contributed by atoms with van der Waals surface area (Å²) in [6, 6.07) is 0. The topological polar surface area (TPSA) is 38.0 Å². The molecule has 4 heteroatoms. The Hall–Kier alpha value is -0.350. The molecule has 1 fully saturated rings. The molecule has 0 aromatic carbocycles. The minimum atomic E-state index is -0.702. The van der Waals surface area contributed by atoms with Gasteiger partial charge in [-0.05, 0) is 42.6 Å². The van der Waals surface area contributed by atoms with Crippen molar-refractivity contribution in [2.45, 2.75) is 44.8 Å². The summed E-state index contributed by atoms with van der Waals surface area (Å²) in [6.07, 6.45) is 4.45. The summed E-state index contributed by atoms with van der Waals surface area (Å²) in [7, 11) is 0. The van der Waals surface area contributed by atoms with Crippen LogP contribution in [0.3, 0.4) is 0 Å². The summed E-state index contributed by atoms with van der Waals surface area (Å²) >= 11 is 3.50. The van der Waals surface area contributed by atoms with Crippen LogP contribution in [-0.2, 0) is 6.54 Å². The summed E-state index contributed by atoms with van der Waals surface area (Å²) in [4.78, 5) is 0. The predicted molar refractivity (Wildman–Crippen MR) is 58.2 cm³/mol. The van der Waals surface area contributed by atoms with E-state index < -0.39 is 5.60 Å². The predicted octanol–water partition coefficient (Wildman–Crippen LogP) is 2.29. The highest BCUT2D eigenvalue weighted by molar-refractivity contribution is 9.10.